The number of benzene rings is 2. The molecule has 2 N–H and O–H groups in total. The Balaban J connectivity index is 2.02. The molecular formula is C21H19BrN4O2. The molecule has 7 heteroatoms. The molecule has 4 aromatic rings. The molecule has 4 rings (SSSR count). The van der Waals surface area contributed by atoms with E-state index < -0.39 is 5.97 Å². The molecule has 0 unspecified atom stereocenters. The van der Waals surface area contributed by atoms with Crippen molar-refractivity contribution in [3.8, 4) is 5.69 Å². The van der Waals surface area contributed by atoms with E-state index in [9.17, 15) is 4.79 Å². The number of hydrogen-bond acceptors (Lipinski definition) is 5. The number of nitrogens with zero attached hydrogens (tertiary/aromatic N) is 3. The molecule has 28 heavy (non-hydrogen) atoms. The van der Waals surface area contributed by atoms with Gasteiger partial charge in [0, 0.05) is 10.2 Å². The summed E-state index contributed by atoms with van der Waals surface area (Å²) in [6.07, 6.45) is 0.498. The van der Waals surface area contributed by atoms with E-state index >= 15 is 0 Å². The average Bonchev–Trinajstić information content (AvgIpc) is 2.97. The number of carbonyl (C=O) groups is 1. The number of fused-ring (bicyclic) bond motifs is 2. The van der Waals surface area contributed by atoms with Crippen LogP contribution in [0.2, 0.25) is 0 Å². The van der Waals surface area contributed by atoms with Gasteiger partial charge in [-0.25, -0.2) is 14.8 Å². The SMILES string of the molecule is CC[C@@H](C)OC(=O)c1c(N)n(-c2ccc(Br)cc2)c2nc3ccccc3nc12. The summed E-state index contributed by atoms with van der Waals surface area (Å²) < 4.78 is 8.24. The molecule has 2 heterocycles. The number of anilines is 1. The standard InChI is InChI=1S/C21H19BrN4O2/c1-3-12(2)28-21(27)17-18-20(25-16-7-5-4-6-15(16)24-18)26(19(17)23)14-10-8-13(22)9-11-14/h4-12H,3,23H2,1-2H3/t12-/m1/s1. The summed E-state index contributed by atoms with van der Waals surface area (Å²) in [6.45, 7) is 3.81. The Morgan fingerprint density at radius 3 is 2.43 bits per heavy atom. The highest BCUT2D eigenvalue weighted by molar-refractivity contribution is 9.10. The summed E-state index contributed by atoms with van der Waals surface area (Å²) in [4.78, 5) is 22.3. The van der Waals surface area contributed by atoms with E-state index in [1.165, 1.54) is 0 Å². The van der Waals surface area contributed by atoms with Gasteiger partial charge in [-0.2, -0.15) is 0 Å². The lowest BCUT2D eigenvalue weighted by atomic mass is 10.2. The first-order valence-electron chi connectivity index (χ1n) is 9.03. The predicted octanol–water partition coefficient (Wildman–Crippen LogP) is 4.87. The number of carbonyl (C=O) groups excluding carboxylic acids is 1. The Morgan fingerprint density at radius 1 is 1.14 bits per heavy atom. The molecule has 0 bridgehead atoms. The van der Waals surface area contributed by atoms with Gasteiger partial charge in [-0.1, -0.05) is 35.0 Å². The van der Waals surface area contributed by atoms with E-state index in [1.54, 1.807) is 4.57 Å². The molecule has 2 aromatic carbocycles. The molecule has 0 fully saturated rings. The zero-order chi connectivity index (χ0) is 19.8. The fraction of sp³-hybridized carbons (Fsp3) is 0.190. The zero-order valence-electron chi connectivity index (χ0n) is 15.5. The van der Waals surface area contributed by atoms with Crippen LogP contribution in [0.5, 0.6) is 0 Å². The molecular weight excluding hydrogens is 420 g/mol. The minimum absolute atomic E-state index is 0.216. The van der Waals surface area contributed by atoms with Crippen molar-refractivity contribution in [1.82, 2.24) is 14.5 Å². The van der Waals surface area contributed by atoms with Crippen LogP contribution < -0.4 is 5.73 Å². The van der Waals surface area contributed by atoms with Gasteiger partial charge in [0.2, 0.25) is 0 Å². The van der Waals surface area contributed by atoms with Crippen LogP contribution in [0.4, 0.5) is 5.82 Å². The highest BCUT2D eigenvalue weighted by Crippen LogP contribution is 2.32. The summed E-state index contributed by atoms with van der Waals surface area (Å²) in [5, 5.41) is 0. The van der Waals surface area contributed by atoms with Gasteiger partial charge in [0.05, 0.1) is 17.1 Å². The molecule has 0 amide bonds. The maximum Gasteiger partial charge on any atom is 0.344 e. The fourth-order valence-electron chi connectivity index (χ4n) is 3.04. The van der Waals surface area contributed by atoms with Crippen LogP contribution in [0.3, 0.4) is 0 Å². The lowest BCUT2D eigenvalue weighted by Gasteiger charge is -2.11. The van der Waals surface area contributed by atoms with Crippen molar-refractivity contribution in [2.45, 2.75) is 26.4 Å². The molecule has 0 aliphatic carbocycles. The molecule has 2 aromatic heterocycles. The smallest absolute Gasteiger partial charge is 0.344 e. The summed E-state index contributed by atoms with van der Waals surface area (Å²) >= 11 is 3.44. The summed E-state index contributed by atoms with van der Waals surface area (Å²) in [5.74, 6) is -0.224. The molecule has 0 saturated heterocycles. The number of para-hydroxylation sites is 2. The van der Waals surface area contributed by atoms with E-state index in [1.807, 2.05) is 62.4 Å². The third-order valence-corrected chi connectivity index (χ3v) is 5.20. The normalized spacial score (nSPS) is 12.4. The molecule has 6 nitrogen and oxygen atoms in total. The van der Waals surface area contributed by atoms with Crippen molar-refractivity contribution in [1.29, 1.82) is 0 Å². The lowest BCUT2D eigenvalue weighted by Crippen LogP contribution is -2.15. The van der Waals surface area contributed by atoms with Gasteiger partial charge in [0.15, 0.2) is 5.65 Å². The van der Waals surface area contributed by atoms with Gasteiger partial charge in [0.25, 0.3) is 0 Å². The van der Waals surface area contributed by atoms with Crippen molar-refractivity contribution >= 4 is 49.9 Å². The maximum absolute atomic E-state index is 12.9. The molecule has 0 saturated carbocycles. The van der Waals surface area contributed by atoms with Crippen LogP contribution in [0.15, 0.2) is 53.0 Å². The number of nitrogens with two attached hydrogens (primary N) is 1. The highest BCUT2D eigenvalue weighted by Gasteiger charge is 2.26. The van der Waals surface area contributed by atoms with Crippen LogP contribution in [0.25, 0.3) is 27.9 Å². The van der Waals surface area contributed by atoms with Crippen molar-refractivity contribution in [3.05, 3.63) is 58.6 Å². The quantitative estimate of drug-likeness (QED) is 0.459. The van der Waals surface area contributed by atoms with Crippen molar-refractivity contribution < 1.29 is 9.53 Å². The second-order valence-electron chi connectivity index (χ2n) is 6.58. The number of esters is 1. The van der Waals surface area contributed by atoms with Crippen molar-refractivity contribution in [2.24, 2.45) is 0 Å². The molecule has 1 atom stereocenters. The van der Waals surface area contributed by atoms with Gasteiger partial charge < -0.3 is 10.5 Å². The summed E-state index contributed by atoms with van der Waals surface area (Å²) in [6, 6.07) is 15.2. The Labute approximate surface area is 170 Å². The van der Waals surface area contributed by atoms with Gasteiger partial charge in [-0.3, -0.25) is 4.57 Å². The Hall–Kier alpha value is -2.93. The fourth-order valence-corrected chi connectivity index (χ4v) is 3.30. The number of aromatic nitrogens is 3. The Bertz CT molecular complexity index is 1180. The van der Waals surface area contributed by atoms with Crippen LogP contribution >= 0.6 is 15.9 Å². The van der Waals surface area contributed by atoms with E-state index in [4.69, 9.17) is 15.5 Å². The largest absolute Gasteiger partial charge is 0.459 e. The van der Waals surface area contributed by atoms with E-state index in [0.717, 1.165) is 15.7 Å². The van der Waals surface area contributed by atoms with E-state index in [0.29, 0.717) is 23.1 Å². The highest BCUT2D eigenvalue weighted by atomic mass is 79.9. The lowest BCUT2D eigenvalue weighted by molar-refractivity contribution is 0.0338. The first kappa shape index (κ1) is 18.4. The van der Waals surface area contributed by atoms with Crippen LogP contribution in [0, 0.1) is 0 Å². The molecule has 0 spiro atoms. The van der Waals surface area contributed by atoms with Crippen LogP contribution in [-0.4, -0.2) is 26.6 Å². The third kappa shape index (κ3) is 3.11. The summed E-state index contributed by atoms with van der Waals surface area (Å²) in [5.41, 5.74) is 9.86. The van der Waals surface area contributed by atoms with E-state index in [-0.39, 0.29) is 17.5 Å². The second kappa shape index (κ2) is 7.24. The number of ether oxygens (including phenoxy) is 1. The van der Waals surface area contributed by atoms with Crippen LogP contribution in [-0.2, 0) is 4.74 Å². The predicted molar refractivity (Wildman–Crippen MR) is 114 cm³/mol. The first-order chi connectivity index (χ1) is 13.5. The molecule has 142 valence electrons. The molecule has 0 aliphatic rings. The number of rotatable bonds is 4. The average molecular weight is 439 g/mol. The van der Waals surface area contributed by atoms with Crippen molar-refractivity contribution in [2.75, 3.05) is 5.73 Å². The molecule has 0 radical (unpaired) electrons. The Morgan fingerprint density at radius 2 is 1.79 bits per heavy atom. The number of halogens is 1. The monoisotopic (exact) mass is 438 g/mol. The maximum atomic E-state index is 12.9. The van der Waals surface area contributed by atoms with Gasteiger partial charge in [-0.15, -0.1) is 0 Å². The van der Waals surface area contributed by atoms with Gasteiger partial charge in [0.1, 0.15) is 16.9 Å². The van der Waals surface area contributed by atoms with Gasteiger partial charge in [-0.05, 0) is 49.7 Å². The number of hydrogen-bond donors (Lipinski definition) is 1. The minimum Gasteiger partial charge on any atom is -0.459 e. The first-order valence-corrected chi connectivity index (χ1v) is 9.82. The van der Waals surface area contributed by atoms with Crippen LogP contribution in [0.1, 0.15) is 30.6 Å². The van der Waals surface area contributed by atoms with Crippen molar-refractivity contribution in [3.63, 3.8) is 0 Å². The van der Waals surface area contributed by atoms with E-state index in [2.05, 4.69) is 20.9 Å². The number of nitrogen functional groups attached to an aromatic ring is 1. The zero-order valence-corrected chi connectivity index (χ0v) is 17.1. The summed E-state index contributed by atoms with van der Waals surface area (Å²) in [7, 11) is 0. The Kier molecular flexibility index (Phi) is 4.77. The second-order valence-corrected chi connectivity index (χ2v) is 7.50. The third-order valence-electron chi connectivity index (χ3n) is 4.67. The topological polar surface area (TPSA) is 83.0 Å². The molecule has 0 aliphatic heterocycles. The van der Waals surface area contributed by atoms with Gasteiger partial charge >= 0.3 is 5.97 Å². The minimum atomic E-state index is -0.489.